The van der Waals surface area contributed by atoms with E-state index in [0.717, 1.165) is 18.5 Å². The summed E-state index contributed by atoms with van der Waals surface area (Å²) >= 11 is 0. The number of likely N-dealkylation sites (tertiary alicyclic amines) is 1. The molecule has 5 nitrogen and oxygen atoms in total. The minimum atomic E-state index is 0.153. The van der Waals surface area contributed by atoms with Crippen LogP contribution < -0.4 is 5.32 Å². The molecule has 2 saturated heterocycles. The molecule has 2 atom stereocenters. The zero-order chi connectivity index (χ0) is 13.8. The van der Waals surface area contributed by atoms with Crippen LogP contribution in [0.25, 0.3) is 0 Å². The summed E-state index contributed by atoms with van der Waals surface area (Å²) < 4.78 is 1.83. The Morgan fingerprint density at radius 1 is 1.35 bits per heavy atom. The smallest absolute Gasteiger partial charge is 0.0640 e. The van der Waals surface area contributed by atoms with E-state index in [1.54, 1.807) is 0 Å². The summed E-state index contributed by atoms with van der Waals surface area (Å²) in [6, 6.07) is 0.745. The van der Waals surface area contributed by atoms with Crippen molar-refractivity contribution in [3.63, 3.8) is 0 Å². The Kier molecular flexibility index (Phi) is 4.70. The van der Waals surface area contributed by atoms with Crippen LogP contribution in [0.15, 0.2) is 12.4 Å². The topological polar surface area (TPSA) is 53.3 Å². The minimum Gasteiger partial charge on any atom is -0.394 e. The highest BCUT2D eigenvalue weighted by Crippen LogP contribution is 2.25. The largest absolute Gasteiger partial charge is 0.394 e. The van der Waals surface area contributed by atoms with E-state index in [4.69, 9.17) is 5.11 Å². The van der Waals surface area contributed by atoms with Gasteiger partial charge in [0.15, 0.2) is 0 Å². The Morgan fingerprint density at radius 2 is 2.30 bits per heavy atom. The molecule has 0 aromatic carbocycles. The normalized spacial score (nSPS) is 28.1. The maximum absolute atomic E-state index is 8.93. The summed E-state index contributed by atoms with van der Waals surface area (Å²) in [6.45, 7) is 5.36. The van der Waals surface area contributed by atoms with Gasteiger partial charge in [-0.2, -0.15) is 5.10 Å². The molecule has 0 saturated carbocycles. The lowest BCUT2D eigenvalue weighted by Gasteiger charge is -2.35. The number of hydrogen-bond acceptors (Lipinski definition) is 4. The molecular formula is C15H26N4O. The minimum absolute atomic E-state index is 0.153. The molecule has 5 heteroatoms. The van der Waals surface area contributed by atoms with Gasteiger partial charge in [0.2, 0.25) is 0 Å². The van der Waals surface area contributed by atoms with Crippen molar-refractivity contribution in [3.05, 3.63) is 18.0 Å². The van der Waals surface area contributed by atoms with Crippen molar-refractivity contribution >= 4 is 0 Å². The van der Waals surface area contributed by atoms with E-state index in [2.05, 4.69) is 21.5 Å². The molecule has 1 aromatic heterocycles. The fraction of sp³-hybridized carbons (Fsp3) is 0.800. The number of piperidine rings is 1. The van der Waals surface area contributed by atoms with Gasteiger partial charge in [-0.3, -0.25) is 9.58 Å². The van der Waals surface area contributed by atoms with E-state index >= 15 is 0 Å². The van der Waals surface area contributed by atoms with E-state index in [1.807, 2.05) is 10.9 Å². The lowest BCUT2D eigenvalue weighted by Crippen LogP contribution is -2.43. The van der Waals surface area contributed by atoms with Gasteiger partial charge < -0.3 is 10.4 Å². The Labute approximate surface area is 121 Å². The Morgan fingerprint density at radius 3 is 3.10 bits per heavy atom. The highest BCUT2D eigenvalue weighted by atomic mass is 16.3. The van der Waals surface area contributed by atoms with Gasteiger partial charge in [0.05, 0.1) is 19.3 Å². The second-order valence-electron chi connectivity index (χ2n) is 6.18. The molecule has 2 fully saturated rings. The molecule has 0 bridgehead atoms. The lowest BCUT2D eigenvalue weighted by atomic mass is 9.89. The van der Waals surface area contributed by atoms with E-state index < -0.39 is 0 Å². The summed E-state index contributed by atoms with van der Waals surface area (Å²) in [4.78, 5) is 2.56. The molecule has 2 aliphatic rings. The second kappa shape index (κ2) is 6.70. The van der Waals surface area contributed by atoms with E-state index in [-0.39, 0.29) is 6.61 Å². The number of hydrogen-bond donors (Lipinski definition) is 2. The fourth-order valence-corrected chi connectivity index (χ4v) is 3.65. The van der Waals surface area contributed by atoms with Gasteiger partial charge in [0.25, 0.3) is 0 Å². The maximum atomic E-state index is 8.93. The van der Waals surface area contributed by atoms with Crippen molar-refractivity contribution in [1.29, 1.82) is 0 Å². The summed E-state index contributed by atoms with van der Waals surface area (Å²) in [5.41, 5.74) is 1.26. The SMILES string of the molecule is OCCn1cc(CN2CCCC(C3CCCN3)C2)cn1. The molecule has 112 valence electrons. The number of aromatic nitrogens is 2. The van der Waals surface area contributed by atoms with Gasteiger partial charge >= 0.3 is 0 Å². The van der Waals surface area contributed by atoms with Gasteiger partial charge in [0.1, 0.15) is 0 Å². The third-order valence-corrected chi connectivity index (χ3v) is 4.63. The maximum Gasteiger partial charge on any atom is 0.0640 e. The van der Waals surface area contributed by atoms with E-state index in [1.165, 1.54) is 50.9 Å². The number of nitrogens with zero attached hydrogens (tertiary/aromatic N) is 3. The van der Waals surface area contributed by atoms with Crippen LogP contribution in [0.5, 0.6) is 0 Å². The molecule has 0 spiro atoms. The molecule has 20 heavy (non-hydrogen) atoms. The number of aliphatic hydroxyl groups excluding tert-OH is 1. The highest BCUT2D eigenvalue weighted by molar-refractivity contribution is 5.04. The van der Waals surface area contributed by atoms with Crippen molar-refractivity contribution < 1.29 is 5.11 Å². The predicted molar refractivity (Wildman–Crippen MR) is 78.3 cm³/mol. The first-order valence-electron chi connectivity index (χ1n) is 7.93. The molecule has 2 unspecified atom stereocenters. The Bertz CT molecular complexity index is 414. The molecular weight excluding hydrogens is 252 g/mol. The van der Waals surface area contributed by atoms with Crippen LogP contribution in [0.1, 0.15) is 31.2 Å². The zero-order valence-corrected chi connectivity index (χ0v) is 12.2. The quantitative estimate of drug-likeness (QED) is 0.838. The van der Waals surface area contributed by atoms with Crippen molar-refractivity contribution in [3.8, 4) is 0 Å². The zero-order valence-electron chi connectivity index (χ0n) is 12.2. The highest BCUT2D eigenvalue weighted by Gasteiger charge is 2.28. The molecule has 2 N–H and O–H groups in total. The average molecular weight is 278 g/mol. The van der Waals surface area contributed by atoms with Gasteiger partial charge in [0, 0.05) is 30.9 Å². The summed E-state index contributed by atoms with van der Waals surface area (Å²) in [6.07, 6.45) is 9.38. The van der Waals surface area contributed by atoms with Gasteiger partial charge in [-0.25, -0.2) is 0 Å². The number of rotatable bonds is 5. The molecule has 1 aromatic rings. The molecule has 0 amide bonds. The molecule has 3 rings (SSSR count). The van der Waals surface area contributed by atoms with E-state index in [9.17, 15) is 0 Å². The lowest BCUT2D eigenvalue weighted by molar-refractivity contribution is 0.145. The van der Waals surface area contributed by atoms with Gasteiger partial charge in [-0.05, 0) is 44.7 Å². The van der Waals surface area contributed by atoms with Crippen molar-refractivity contribution in [2.45, 2.75) is 44.8 Å². The first-order chi connectivity index (χ1) is 9.85. The first kappa shape index (κ1) is 14.0. The van der Waals surface area contributed by atoms with Crippen molar-refractivity contribution in [2.75, 3.05) is 26.2 Å². The van der Waals surface area contributed by atoms with Crippen LogP contribution in [0.4, 0.5) is 0 Å². The Hall–Kier alpha value is -0.910. The third-order valence-electron chi connectivity index (χ3n) is 4.63. The second-order valence-corrected chi connectivity index (χ2v) is 6.18. The molecule has 3 heterocycles. The van der Waals surface area contributed by atoms with Crippen LogP contribution in [-0.4, -0.2) is 52.1 Å². The van der Waals surface area contributed by atoms with Crippen molar-refractivity contribution in [1.82, 2.24) is 20.0 Å². The molecule has 0 radical (unpaired) electrons. The van der Waals surface area contributed by atoms with Crippen LogP contribution in [0.3, 0.4) is 0 Å². The summed E-state index contributed by atoms with van der Waals surface area (Å²) in [5.74, 6) is 0.818. The average Bonchev–Trinajstić information content (AvgIpc) is 3.11. The molecule has 2 aliphatic heterocycles. The van der Waals surface area contributed by atoms with E-state index in [0.29, 0.717) is 6.54 Å². The van der Waals surface area contributed by atoms with Crippen LogP contribution >= 0.6 is 0 Å². The van der Waals surface area contributed by atoms with Gasteiger partial charge in [-0.15, -0.1) is 0 Å². The van der Waals surface area contributed by atoms with Gasteiger partial charge in [-0.1, -0.05) is 0 Å². The fourth-order valence-electron chi connectivity index (χ4n) is 3.65. The number of nitrogens with one attached hydrogen (secondary N) is 1. The summed E-state index contributed by atoms with van der Waals surface area (Å²) in [5, 5.41) is 16.9. The third kappa shape index (κ3) is 3.40. The molecule has 0 aliphatic carbocycles. The predicted octanol–water partition coefficient (Wildman–Crippen LogP) is 0.839. The van der Waals surface area contributed by atoms with Crippen LogP contribution in [0, 0.1) is 5.92 Å². The number of aliphatic hydroxyl groups is 1. The summed E-state index contributed by atoms with van der Waals surface area (Å²) in [7, 11) is 0. The standard InChI is InChI=1S/C15H26N4O/c20-8-7-19-11-13(9-17-19)10-18-6-2-3-14(12-18)15-4-1-5-16-15/h9,11,14-16,20H,1-8,10,12H2. The first-order valence-corrected chi connectivity index (χ1v) is 7.93. The monoisotopic (exact) mass is 278 g/mol. The Balaban J connectivity index is 1.53. The van der Waals surface area contributed by atoms with Crippen LogP contribution in [0.2, 0.25) is 0 Å². The van der Waals surface area contributed by atoms with Crippen molar-refractivity contribution in [2.24, 2.45) is 5.92 Å². The van der Waals surface area contributed by atoms with Crippen LogP contribution in [-0.2, 0) is 13.1 Å².